The van der Waals surface area contributed by atoms with Gasteiger partial charge in [0.2, 0.25) is 5.69 Å². The summed E-state index contributed by atoms with van der Waals surface area (Å²) in [6.45, 7) is 12.4. The number of para-hydroxylation sites is 2. The number of hydrogen-bond acceptors (Lipinski definition) is 2. The lowest BCUT2D eigenvalue weighted by atomic mass is 9.81. The Hall–Kier alpha value is -2.94. The normalized spacial score (nSPS) is 18.8. The summed E-state index contributed by atoms with van der Waals surface area (Å²) in [7, 11) is 2.17. The molecular formula is C33H43N2O+. The molecule has 0 saturated heterocycles. The van der Waals surface area contributed by atoms with Gasteiger partial charge in [0.1, 0.15) is 12.8 Å². The number of carbonyl (C=O) groups is 1. The van der Waals surface area contributed by atoms with Gasteiger partial charge in [-0.25, -0.2) is 0 Å². The number of rotatable bonds is 10. The maximum atomic E-state index is 11.9. The van der Waals surface area contributed by atoms with Crippen LogP contribution in [0.15, 0.2) is 72.5 Å². The smallest absolute Gasteiger partial charge is 0.209 e. The van der Waals surface area contributed by atoms with Crippen molar-refractivity contribution in [2.45, 2.75) is 84.0 Å². The monoisotopic (exact) mass is 483 g/mol. The maximum absolute atomic E-state index is 11.9. The first-order chi connectivity index (χ1) is 17.2. The van der Waals surface area contributed by atoms with E-state index in [1.807, 2.05) is 0 Å². The first-order valence-electron chi connectivity index (χ1n) is 13.7. The molecule has 2 aromatic rings. The van der Waals surface area contributed by atoms with Gasteiger partial charge in [-0.15, -0.1) is 0 Å². The third kappa shape index (κ3) is 4.85. The summed E-state index contributed by atoms with van der Waals surface area (Å²) >= 11 is 0. The number of hydrogen-bond donors (Lipinski definition) is 0. The lowest BCUT2D eigenvalue weighted by molar-refractivity contribution is -0.401. The number of ketones is 1. The minimum absolute atomic E-state index is 0.0244. The summed E-state index contributed by atoms with van der Waals surface area (Å²) in [5.74, 6) is 0.412. The van der Waals surface area contributed by atoms with Crippen molar-refractivity contribution in [2.24, 2.45) is 0 Å². The molecule has 0 spiro atoms. The Morgan fingerprint density at radius 2 is 1.58 bits per heavy atom. The van der Waals surface area contributed by atoms with Crippen molar-refractivity contribution in [1.29, 1.82) is 0 Å². The van der Waals surface area contributed by atoms with Gasteiger partial charge in [0.15, 0.2) is 5.71 Å². The second-order valence-electron chi connectivity index (χ2n) is 11.4. The Labute approximate surface area is 218 Å². The van der Waals surface area contributed by atoms with Gasteiger partial charge in [0, 0.05) is 53.9 Å². The van der Waals surface area contributed by atoms with Gasteiger partial charge in [-0.2, -0.15) is 4.58 Å². The molecule has 2 aromatic carbocycles. The van der Waals surface area contributed by atoms with Crippen molar-refractivity contribution in [3.8, 4) is 0 Å². The summed E-state index contributed by atoms with van der Waals surface area (Å²) in [5, 5.41) is 0. The zero-order valence-corrected chi connectivity index (χ0v) is 23.1. The summed E-state index contributed by atoms with van der Waals surface area (Å²) < 4.78 is 2.33. The SMILES string of the molecule is CCCC(=O)CCCCCN1/C(=C/C=C/C2=[N+](C)c3ccccc3C2(C)C)C(C)(C)c2ccccc21. The second-order valence-corrected chi connectivity index (χ2v) is 11.4. The third-order valence-corrected chi connectivity index (χ3v) is 8.11. The third-order valence-electron chi connectivity index (χ3n) is 8.11. The number of nitrogens with zero attached hydrogens (tertiary/aromatic N) is 2. The highest BCUT2D eigenvalue weighted by molar-refractivity contribution is 6.03. The lowest BCUT2D eigenvalue weighted by Crippen LogP contribution is -2.27. The predicted octanol–water partition coefficient (Wildman–Crippen LogP) is 7.86. The van der Waals surface area contributed by atoms with Gasteiger partial charge in [0.25, 0.3) is 0 Å². The van der Waals surface area contributed by atoms with Crippen LogP contribution in [0.25, 0.3) is 0 Å². The molecule has 2 aliphatic heterocycles. The highest BCUT2D eigenvalue weighted by Gasteiger charge is 2.43. The van der Waals surface area contributed by atoms with E-state index in [0.717, 1.165) is 45.1 Å². The molecule has 4 rings (SSSR count). The molecule has 3 heteroatoms. The molecule has 0 bridgehead atoms. The number of anilines is 1. The first kappa shape index (κ1) is 26.1. The van der Waals surface area contributed by atoms with E-state index in [-0.39, 0.29) is 10.8 Å². The maximum Gasteiger partial charge on any atom is 0.209 e. The highest BCUT2D eigenvalue weighted by atomic mass is 16.1. The molecule has 3 nitrogen and oxygen atoms in total. The van der Waals surface area contributed by atoms with E-state index in [1.54, 1.807) is 0 Å². The van der Waals surface area contributed by atoms with E-state index in [9.17, 15) is 4.79 Å². The molecule has 190 valence electrons. The van der Waals surface area contributed by atoms with E-state index in [2.05, 4.69) is 118 Å². The largest absolute Gasteiger partial charge is 0.344 e. The van der Waals surface area contributed by atoms with Crippen molar-refractivity contribution < 1.29 is 9.37 Å². The molecule has 0 fully saturated rings. The Balaban J connectivity index is 1.55. The average Bonchev–Trinajstić information content (AvgIpc) is 3.18. The summed E-state index contributed by atoms with van der Waals surface area (Å²) in [4.78, 5) is 14.4. The quantitative estimate of drug-likeness (QED) is 0.254. The Bertz CT molecular complexity index is 1210. The van der Waals surface area contributed by atoms with Gasteiger partial charge in [-0.05, 0) is 50.8 Å². The van der Waals surface area contributed by atoms with Crippen LogP contribution in [0.5, 0.6) is 0 Å². The number of benzene rings is 2. The van der Waals surface area contributed by atoms with Crippen LogP contribution in [0.2, 0.25) is 0 Å². The van der Waals surface area contributed by atoms with E-state index in [0.29, 0.717) is 5.78 Å². The van der Waals surface area contributed by atoms with Crippen LogP contribution < -0.4 is 4.90 Å². The minimum Gasteiger partial charge on any atom is -0.344 e. The summed E-state index contributed by atoms with van der Waals surface area (Å²) in [6, 6.07) is 17.5. The molecule has 0 unspecified atom stereocenters. The molecule has 0 aromatic heterocycles. The predicted molar refractivity (Wildman–Crippen MR) is 153 cm³/mol. The average molecular weight is 484 g/mol. The zero-order valence-electron chi connectivity index (χ0n) is 23.1. The van der Waals surface area contributed by atoms with E-state index >= 15 is 0 Å². The van der Waals surface area contributed by atoms with Gasteiger partial charge >= 0.3 is 0 Å². The van der Waals surface area contributed by atoms with Gasteiger partial charge < -0.3 is 4.90 Å². The van der Waals surface area contributed by atoms with Crippen molar-refractivity contribution in [3.63, 3.8) is 0 Å². The lowest BCUT2D eigenvalue weighted by Gasteiger charge is -2.27. The van der Waals surface area contributed by atoms with Gasteiger partial charge in [0.05, 0.1) is 5.41 Å². The molecule has 0 atom stereocenters. The zero-order chi connectivity index (χ0) is 25.9. The fourth-order valence-electron chi connectivity index (χ4n) is 6.09. The van der Waals surface area contributed by atoms with Crippen LogP contribution in [-0.2, 0) is 15.6 Å². The molecule has 0 amide bonds. The van der Waals surface area contributed by atoms with Crippen LogP contribution in [0.4, 0.5) is 11.4 Å². The van der Waals surface area contributed by atoms with Crippen LogP contribution >= 0.6 is 0 Å². The van der Waals surface area contributed by atoms with E-state index in [1.165, 1.54) is 33.9 Å². The van der Waals surface area contributed by atoms with Crippen molar-refractivity contribution in [2.75, 3.05) is 18.5 Å². The number of allylic oxidation sites excluding steroid dienone is 4. The summed E-state index contributed by atoms with van der Waals surface area (Å²) in [6.07, 6.45) is 12.5. The number of carbonyl (C=O) groups excluding carboxylic acids is 1. The van der Waals surface area contributed by atoms with Crippen molar-refractivity contribution in [1.82, 2.24) is 0 Å². The van der Waals surface area contributed by atoms with Gasteiger partial charge in [-0.1, -0.05) is 69.7 Å². The number of unbranched alkanes of at least 4 members (excludes halogenated alkanes) is 2. The molecule has 2 heterocycles. The van der Waals surface area contributed by atoms with Crippen molar-refractivity contribution >= 4 is 22.9 Å². The number of fused-ring (bicyclic) bond motifs is 2. The Morgan fingerprint density at radius 3 is 2.31 bits per heavy atom. The molecule has 0 aliphatic carbocycles. The van der Waals surface area contributed by atoms with Crippen LogP contribution in [0.1, 0.15) is 84.3 Å². The minimum atomic E-state index is -0.0528. The first-order valence-corrected chi connectivity index (χ1v) is 13.7. The standard InChI is InChI=1S/C33H43N2O/c1-7-16-25(36)17-9-8-14-24-35-29-21-13-11-19-27(29)33(4,5)31(35)23-15-22-30-32(2,3)26-18-10-12-20-28(26)34(30)6/h10-13,15,18-23H,7-9,14,16-17,24H2,1-6H3/q+1. The molecule has 0 N–H and O–H groups in total. The molecular weight excluding hydrogens is 440 g/mol. The molecule has 0 saturated carbocycles. The number of Topliss-reactive ketones (excluding diaryl/α,β-unsaturated/α-hetero) is 1. The topological polar surface area (TPSA) is 23.3 Å². The fourth-order valence-corrected chi connectivity index (χ4v) is 6.09. The Morgan fingerprint density at radius 1 is 0.889 bits per heavy atom. The van der Waals surface area contributed by atoms with Crippen LogP contribution in [0.3, 0.4) is 0 Å². The summed E-state index contributed by atoms with van der Waals surface area (Å²) in [5.41, 5.74) is 7.97. The molecule has 0 radical (unpaired) electrons. The van der Waals surface area contributed by atoms with Gasteiger partial charge in [-0.3, -0.25) is 4.79 Å². The van der Waals surface area contributed by atoms with Crippen LogP contribution in [-0.4, -0.2) is 29.7 Å². The van der Waals surface area contributed by atoms with Crippen LogP contribution in [0, 0.1) is 0 Å². The highest BCUT2D eigenvalue weighted by Crippen LogP contribution is 2.47. The molecule has 36 heavy (non-hydrogen) atoms. The van der Waals surface area contributed by atoms with E-state index in [4.69, 9.17) is 0 Å². The second kappa shape index (κ2) is 10.6. The Kier molecular flexibility index (Phi) is 7.68. The fraction of sp³-hybridized carbons (Fsp3) is 0.455. The van der Waals surface area contributed by atoms with Crippen molar-refractivity contribution in [3.05, 3.63) is 83.6 Å². The van der Waals surface area contributed by atoms with E-state index < -0.39 is 0 Å². The molecule has 2 aliphatic rings.